The van der Waals surface area contributed by atoms with E-state index in [4.69, 9.17) is 9.47 Å². The average Bonchev–Trinajstić information content (AvgIpc) is 2.61. The van der Waals surface area contributed by atoms with Gasteiger partial charge in [-0.2, -0.15) is 0 Å². The molecule has 6 heteroatoms. The highest BCUT2D eigenvalue weighted by Gasteiger charge is 2.41. The van der Waals surface area contributed by atoms with Gasteiger partial charge in [-0.05, 0) is 31.4 Å². The van der Waals surface area contributed by atoms with Crippen molar-refractivity contribution in [3.8, 4) is 11.5 Å². The van der Waals surface area contributed by atoms with E-state index < -0.39 is 17.4 Å². The van der Waals surface area contributed by atoms with Crippen LogP contribution in [-0.2, 0) is 11.2 Å². The van der Waals surface area contributed by atoms with E-state index in [0.29, 0.717) is 36.3 Å². The Labute approximate surface area is 147 Å². The van der Waals surface area contributed by atoms with Crippen LogP contribution in [0.15, 0.2) is 24.8 Å². The van der Waals surface area contributed by atoms with Gasteiger partial charge in [-0.1, -0.05) is 25.3 Å². The number of aliphatic carboxylic acids is 1. The van der Waals surface area contributed by atoms with Crippen LogP contribution in [-0.4, -0.2) is 36.7 Å². The molecular formula is C19H25NO5. The number of benzene rings is 1. The average molecular weight is 347 g/mol. The molecule has 25 heavy (non-hydrogen) atoms. The fourth-order valence-electron chi connectivity index (χ4n) is 3.32. The van der Waals surface area contributed by atoms with Gasteiger partial charge in [-0.25, -0.2) is 4.79 Å². The molecule has 1 amide bonds. The lowest BCUT2D eigenvalue weighted by molar-refractivity contribution is -0.145. The summed E-state index contributed by atoms with van der Waals surface area (Å²) in [5, 5.41) is 12.4. The molecule has 6 nitrogen and oxygen atoms in total. The summed E-state index contributed by atoms with van der Waals surface area (Å²) in [6.07, 6.45) is 5.68. The van der Waals surface area contributed by atoms with Crippen LogP contribution >= 0.6 is 0 Å². The van der Waals surface area contributed by atoms with Crippen LogP contribution in [0.3, 0.4) is 0 Å². The predicted octanol–water partition coefficient (Wildman–Crippen LogP) is 2.95. The lowest BCUT2D eigenvalue weighted by Gasteiger charge is -2.34. The van der Waals surface area contributed by atoms with E-state index in [1.165, 1.54) is 14.2 Å². The van der Waals surface area contributed by atoms with E-state index in [1.54, 1.807) is 18.2 Å². The van der Waals surface area contributed by atoms with Crippen molar-refractivity contribution in [2.45, 2.75) is 44.1 Å². The zero-order chi connectivity index (χ0) is 18.4. The molecule has 0 spiro atoms. The molecule has 1 fully saturated rings. The maximum absolute atomic E-state index is 12.8. The first kappa shape index (κ1) is 18.8. The number of carboxylic acids is 1. The van der Waals surface area contributed by atoms with E-state index in [1.807, 2.05) is 0 Å². The van der Waals surface area contributed by atoms with Gasteiger partial charge < -0.3 is 19.9 Å². The summed E-state index contributed by atoms with van der Waals surface area (Å²) in [6.45, 7) is 3.71. The Balaban J connectivity index is 2.36. The quantitative estimate of drug-likeness (QED) is 0.741. The summed E-state index contributed by atoms with van der Waals surface area (Å²) >= 11 is 0. The van der Waals surface area contributed by atoms with E-state index in [9.17, 15) is 14.7 Å². The molecule has 1 aromatic carbocycles. The highest BCUT2D eigenvalue weighted by atomic mass is 16.5. The Morgan fingerprint density at radius 2 is 1.92 bits per heavy atom. The second-order valence-electron chi connectivity index (χ2n) is 6.27. The molecule has 0 aliphatic heterocycles. The van der Waals surface area contributed by atoms with Crippen LogP contribution in [0.25, 0.3) is 0 Å². The molecule has 136 valence electrons. The zero-order valence-electron chi connectivity index (χ0n) is 14.8. The maximum Gasteiger partial charge on any atom is 0.329 e. The van der Waals surface area contributed by atoms with Crippen molar-refractivity contribution in [3.63, 3.8) is 0 Å². The van der Waals surface area contributed by atoms with Gasteiger partial charge in [0.2, 0.25) is 0 Å². The number of carbonyl (C=O) groups excluding carboxylic acids is 1. The number of hydrogen-bond donors (Lipinski definition) is 2. The number of carboxylic acid groups (broad SMARTS) is 1. The Bertz CT molecular complexity index is 662. The summed E-state index contributed by atoms with van der Waals surface area (Å²) in [4.78, 5) is 24.5. The van der Waals surface area contributed by atoms with Crippen molar-refractivity contribution in [1.29, 1.82) is 0 Å². The highest BCUT2D eigenvalue weighted by Crippen LogP contribution is 2.34. The lowest BCUT2D eigenvalue weighted by atomic mass is 9.81. The van der Waals surface area contributed by atoms with Gasteiger partial charge in [0.1, 0.15) is 5.54 Å². The van der Waals surface area contributed by atoms with Gasteiger partial charge >= 0.3 is 5.97 Å². The molecule has 0 radical (unpaired) electrons. The van der Waals surface area contributed by atoms with Gasteiger partial charge in [0, 0.05) is 11.1 Å². The van der Waals surface area contributed by atoms with Gasteiger partial charge in [-0.3, -0.25) is 4.79 Å². The first-order chi connectivity index (χ1) is 12.0. The largest absolute Gasteiger partial charge is 0.493 e. The summed E-state index contributed by atoms with van der Waals surface area (Å²) in [7, 11) is 3.03. The number of allylic oxidation sites excluding steroid dienone is 1. The molecular weight excluding hydrogens is 322 g/mol. The molecule has 1 aromatic rings. The summed E-state index contributed by atoms with van der Waals surface area (Å²) in [5.74, 6) is -0.424. The molecule has 2 rings (SSSR count). The van der Waals surface area contributed by atoms with Gasteiger partial charge in [0.05, 0.1) is 14.2 Å². The van der Waals surface area contributed by atoms with Crippen LogP contribution in [0.2, 0.25) is 0 Å². The lowest BCUT2D eigenvalue weighted by Crippen LogP contribution is -2.55. The fraction of sp³-hybridized carbons (Fsp3) is 0.474. The molecule has 1 aliphatic rings. The van der Waals surface area contributed by atoms with E-state index in [-0.39, 0.29) is 0 Å². The Hall–Kier alpha value is -2.50. The standard InChI is InChI=1S/C19H25NO5/c1-4-8-13-11-14(12-15(24-2)16(13)25-3)17(21)20-19(18(22)23)9-6-5-7-10-19/h4,11-12H,1,5-10H2,2-3H3,(H,20,21)(H,22,23). The van der Waals surface area contributed by atoms with Crippen molar-refractivity contribution < 1.29 is 24.2 Å². The number of nitrogens with one attached hydrogen (secondary N) is 1. The Morgan fingerprint density at radius 3 is 2.44 bits per heavy atom. The Morgan fingerprint density at radius 1 is 1.24 bits per heavy atom. The topological polar surface area (TPSA) is 84.9 Å². The maximum atomic E-state index is 12.8. The predicted molar refractivity (Wildman–Crippen MR) is 94.4 cm³/mol. The molecule has 0 bridgehead atoms. The first-order valence-electron chi connectivity index (χ1n) is 8.39. The summed E-state index contributed by atoms with van der Waals surface area (Å²) < 4.78 is 10.7. The van der Waals surface area contributed by atoms with Gasteiger partial charge in [0.15, 0.2) is 11.5 Å². The van der Waals surface area contributed by atoms with Crippen molar-refractivity contribution in [2.75, 3.05) is 14.2 Å². The fourth-order valence-corrected chi connectivity index (χ4v) is 3.32. The Kier molecular flexibility index (Phi) is 6.07. The normalized spacial score (nSPS) is 15.9. The van der Waals surface area contributed by atoms with E-state index in [2.05, 4.69) is 11.9 Å². The number of methoxy groups -OCH3 is 2. The first-order valence-corrected chi connectivity index (χ1v) is 8.39. The van der Waals surface area contributed by atoms with Crippen LogP contribution in [0.5, 0.6) is 11.5 Å². The molecule has 0 saturated heterocycles. The number of carbonyl (C=O) groups is 2. The molecule has 0 aromatic heterocycles. The molecule has 2 N–H and O–H groups in total. The number of hydrogen-bond acceptors (Lipinski definition) is 4. The van der Waals surface area contributed by atoms with Gasteiger partial charge in [-0.15, -0.1) is 6.58 Å². The molecule has 0 heterocycles. The third-order valence-corrected chi connectivity index (χ3v) is 4.65. The molecule has 1 saturated carbocycles. The van der Waals surface area contributed by atoms with Crippen LogP contribution in [0, 0.1) is 0 Å². The number of ether oxygens (including phenoxy) is 2. The summed E-state index contributed by atoms with van der Waals surface area (Å²) in [5.41, 5.74) is -0.0862. The number of amides is 1. The minimum atomic E-state index is -1.19. The second kappa shape index (κ2) is 8.05. The monoisotopic (exact) mass is 347 g/mol. The van der Waals surface area contributed by atoms with Crippen LogP contribution in [0.4, 0.5) is 0 Å². The third kappa shape index (κ3) is 3.95. The SMILES string of the molecule is C=CCc1cc(C(=O)NC2(C(=O)O)CCCCC2)cc(OC)c1OC. The highest BCUT2D eigenvalue weighted by molar-refractivity contribution is 5.98. The minimum Gasteiger partial charge on any atom is -0.493 e. The third-order valence-electron chi connectivity index (χ3n) is 4.65. The minimum absolute atomic E-state index is 0.348. The molecule has 0 atom stereocenters. The van der Waals surface area contributed by atoms with Gasteiger partial charge in [0.25, 0.3) is 5.91 Å². The van der Waals surface area contributed by atoms with E-state index in [0.717, 1.165) is 24.8 Å². The number of rotatable bonds is 7. The van der Waals surface area contributed by atoms with Crippen molar-refractivity contribution in [1.82, 2.24) is 5.32 Å². The zero-order valence-corrected chi connectivity index (χ0v) is 14.8. The van der Waals surface area contributed by atoms with Crippen LogP contribution < -0.4 is 14.8 Å². The molecule has 1 aliphatic carbocycles. The van der Waals surface area contributed by atoms with Crippen molar-refractivity contribution >= 4 is 11.9 Å². The second-order valence-corrected chi connectivity index (χ2v) is 6.27. The summed E-state index contributed by atoms with van der Waals surface area (Å²) in [6, 6.07) is 3.26. The van der Waals surface area contributed by atoms with Crippen molar-refractivity contribution in [2.24, 2.45) is 0 Å². The molecule has 0 unspecified atom stereocenters. The smallest absolute Gasteiger partial charge is 0.329 e. The van der Waals surface area contributed by atoms with E-state index >= 15 is 0 Å². The van der Waals surface area contributed by atoms with Crippen molar-refractivity contribution in [3.05, 3.63) is 35.9 Å². The van der Waals surface area contributed by atoms with Crippen LogP contribution in [0.1, 0.15) is 48.0 Å².